The van der Waals surface area contributed by atoms with E-state index in [2.05, 4.69) is 82.5 Å². The Morgan fingerprint density at radius 3 is 2.60 bits per heavy atom. The van der Waals surface area contributed by atoms with Gasteiger partial charge in [0.25, 0.3) is 0 Å². The summed E-state index contributed by atoms with van der Waals surface area (Å²) in [7, 11) is 0. The Morgan fingerprint density at radius 2 is 1.89 bits per heavy atom. The first-order valence-corrected chi connectivity index (χ1v) is 12.7. The predicted molar refractivity (Wildman–Crippen MR) is 142 cm³/mol. The van der Waals surface area contributed by atoms with Crippen molar-refractivity contribution in [2.45, 2.75) is 46.0 Å². The number of anilines is 3. The lowest BCUT2D eigenvalue weighted by molar-refractivity contribution is 0.455. The minimum absolute atomic E-state index is 0.109. The molecule has 1 atom stereocenters. The topological polar surface area (TPSA) is 78.9 Å². The number of nitrogens with zero attached hydrogens (tertiary/aromatic N) is 5. The summed E-state index contributed by atoms with van der Waals surface area (Å²) in [4.78, 5) is 21.2. The van der Waals surface area contributed by atoms with Crippen LogP contribution in [0.5, 0.6) is 0 Å². The molecule has 1 aliphatic carbocycles. The number of pyridine rings is 2. The van der Waals surface area contributed by atoms with Gasteiger partial charge < -0.3 is 15.5 Å². The third-order valence-corrected chi connectivity index (χ3v) is 7.56. The molecule has 0 spiro atoms. The van der Waals surface area contributed by atoms with E-state index in [0.29, 0.717) is 5.95 Å². The van der Waals surface area contributed by atoms with Crippen LogP contribution in [0.1, 0.15) is 51.8 Å². The van der Waals surface area contributed by atoms with E-state index < -0.39 is 0 Å². The molecule has 3 aromatic heterocycles. The Bertz CT molecular complexity index is 1210. The van der Waals surface area contributed by atoms with Crippen molar-refractivity contribution in [1.29, 1.82) is 0 Å². The van der Waals surface area contributed by atoms with E-state index in [1.807, 2.05) is 30.9 Å². The first-order valence-electron chi connectivity index (χ1n) is 12.7. The lowest BCUT2D eigenvalue weighted by Gasteiger charge is -2.29. The Balaban J connectivity index is 1.48. The zero-order valence-corrected chi connectivity index (χ0v) is 21.2. The van der Waals surface area contributed by atoms with Crippen molar-refractivity contribution in [3.63, 3.8) is 0 Å². The van der Waals surface area contributed by atoms with Crippen LogP contribution in [-0.2, 0) is 5.41 Å². The normalized spacial score (nSPS) is 19.6. The summed E-state index contributed by atoms with van der Waals surface area (Å²) in [6.07, 6.45) is 14.4. The maximum absolute atomic E-state index is 5.07. The summed E-state index contributed by atoms with van der Waals surface area (Å²) in [5.74, 6) is 1.30. The summed E-state index contributed by atoms with van der Waals surface area (Å²) < 4.78 is 0. The quantitative estimate of drug-likeness (QED) is 0.467. The first kappa shape index (κ1) is 23.4. The van der Waals surface area contributed by atoms with Gasteiger partial charge in [0.2, 0.25) is 5.95 Å². The number of allylic oxidation sites excluding steroid dienone is 2. The molecular weight excluding hydrogens is 434 g/mol. The molecule has 1 unspecified atom stereocenters. The fraction of sp³-hybridized carbons (Fsp3) is 0.429. The van der Waals surface area contributed by atoms with Gasteiger partial charge in [-0.15, -0.1) is 0 Å². The molecule has 7 nitrogen and oxygen atoms in total. The Morgan fingerprint density at radius 1 is 1.06 bits per heavy atom. The van der Waals surface area contributed by atoms with Crippen LogP contribution in [-0.4, -0.2) is 46.1 Å². The van der Waals surface area contributed by atoms with Gasteiger partial charge in [0, 0.05) is 50.3 Å². The van der Waals surface area contributed by atoms with Crippen LogP contribution in [0.3, 0.4) is 0 Å². The van der Waals surface area contributed by atoms with Crippen LogP contribution in [0.2, 0.25) is 0 Å². The third kappa shape index (κ3) is 4.41. The minimum Gasteiger partial charge on any atom is -0.368 e. The van der Waals surface area contributed by atoms with Crippen molar-refractivity contribution in [2.24, 2.45) is 5.41 Å². The maximum Gasteiger partial charge on any atom is 0.228 e. The van der Waals surface area contributed by atoms with Crippen molar-refractivity contribution in [3.05, 3.63) is 66.4 Å². The molecule has 5 rings (SSSR count). The lowest BCUT2D eigenvalue weighted by Crippen LogP contribution is -2.43. The second-order valence-corrected chi connectivity index (χ2v) is 10.1. The zero-order chi connectivity index (χ0) is 24.5. The van der Waals surface area contributed by atoms with Crippen LogP contribution in [0.4, 0.5) is 17.5 Å². The molecule has 1 fully saturated rings. The number of rotatable bonds is 7. The molecule has 0 aromatic carbocycles. The minimum atomic E-state index is -0.329. The van der Waals surface area contributed by atoms with Crippen LogP contribution >= 0.6 is 0 Å². The largest absolute Gasteiger partial charge is 0.368 e. The molecule has 2 N–H and O–H groups in total. The molecule has 0 radical (unpaired) electrons. The molecule has 4 heterocycles. The second kappa shape index (κ2) is 9.38. The van der Waals surface area contributed by atoms with Crippen LogP contribution < -0.4 is 15.5 Å². The van der Waals surface area contributed by atoms with Crippen molar-refractivity contribution in [1.82, 2.24) is 25.3 Å². The molecule has 0 amide bonds. The van der Waals surface area contributed by atoms with Crippen LogP contribution in [0.25, 0.3) is 11.1 Å². The zero-order valence-electron chi connectivity index (χ0n) is 21.2. The molecule has 3 aromatic rings. The van der Waals surface area contributed by atoms with Crippen LogP contribution in [0, 0.1) is 5.41 Å². The van der Waals surface area contributed by atoms with E-state index in [1.165, 1.54) is 11.1 Å². The Hall–Kier alpha value is -3.32. The average Bonchev–Trinajstić information content (AvgIpc) is 3.18. The smallest absolute Gasteiger partial charge is 0.228 e. The van der Waals surface area contributed by atoms with Gasteiger partial charge in [0.1, 0.15) is 5.82 Å². The molecule has 1 aliphatic heterocycles. The monoisotopic (exact) mass is 469 g/mol. The van der Waals surface area contributed by atoms with Crippen molar-refractivity contribution in [3.8, 4) is 11.1 Å². The van der Waals surface area contributed by atoms with E-state index in [4.69, 9.17) is 4.98 Å². The van der Waals surface area contributed by atoms with Gasteiger partial charge in [-0.2, -0.15) is 0 Å². The average molecular weight is 470 g/mol. The molecule has 7 heteroatoms. The highest BCUT2D eigenvalue weighted by atomic mass is 15.2. The summed E-state index contributed by atoms with van der Waals surface area (Å²) in [5.41, 5.74) is 5.40. The van der Waals surface area contributed by atoms with Crippen molar-refractivity contribution in [2.75, 3.05) is 36.4 Å². The Kier molecular flexibility index (Phi) is 6.28. The maximum atomic E-state index is 5.07. The number of nitrogens with one attached hydrogen (secondary N) is 2. The van der Waals surface area contributed by atoms with Gasteiger partial charge in [-0.3, -0.25) is 4.98 Å². The number of hydrogen-bond donors (Lipinski definition) is 2. The van der Waals surface area contributed by atoms with Crippen molar-refractivity contribution >= 4 is 17.5 Å². The molecule has 1 saturated heterocycles. The highest BCUT2D eigenvalue weighted by molar-refractivity contribution is 5.80. The van der Waals surface area contributed by atoms with Crippen molar-refractivity contribution < 1.29 is 0 Å². The fourth-order valence-electron chi connectivity index (χ4n) is 4.91. The van der Waals surface area contributed by atoms with Crippen LogP contribution in [0.15, 0.2) is 55.1 Å². The summed E-state index contributed by atoms with van der Waals surface area (Å²) in [6, 6.07) is 6.20. The van der Waals surface area contributed by atoms with E-state index in [9.17, 15) is 0 Å². The number of fused-ring (bicyclic) bond motifs is 3. The fourth-order valence-corrected chi connectivity index (χ4v) is 4.91. The Labute approximate surface area is 208 Å². The summed E-state index contributed by atoms with van der Waals surface area (Å²) in [5, 5.41) is 6.72. The van der Waals surface area contributed by atoms with Gasteiger partial charge in [-0.05, 0) is 47.6 Å². The molecule has 182 valence electrons. The molecule has 0 bridgehead atoms. The second-order valence-electron chi connectivity index (χ2n) is 10.1. The van der Waals surface area contributed by atoms with E-state index >= 15 is 0 Å². The third-order valence-electron chi connectivity index (χ3n) is 7.56. The number of aromatic nitrogens is 4. The lowest BCUT2D eigenvalue weighted by atomic mass is 9.76. The van der Waals surface area contributed by atoms with Gasteiger partial charge in [0.15, 0.2) is 0 Å². The highest BCUT2D eigenvalue weighted by Gasteiger charge is 2.42. The SMILES string of the molecule is CCC(C)(C)/C=C/C1(CC)c2cnccc2-c2cnc(Nc3ccc(N4CCNCC4)cn3)nc21. The van der Waals surface area contributed by atoms with E-state index in [1.54, 1.807) is 0 Å². The standard InChI is InChI=1S/C28H35N7/c1-5-27(3,4)10-11-28(6-2)23-19-30-12-9-21(23)22-18-32-26(34-25(22)28)33-24-8-7-20(17-31-24)35-15-13-29-14-16-35/h7-12,17-19,29H,5-6,13-16H2,1-4H3,(H,31,32,33,34)/b11-10+. The van der Waals surface area contributed by atoms with Gasteiger partial charge >= 0.3 is 0 Å². The van der Waals surface area contributed by atoms with E-state index in [-0.39, 0.29) is 10.8 Å². The van der Waals surface area contributed by atoms with Gasteiger partial charge in [-0.1, -0.05) is 39.8 Å². The predicted octanol–water partition coefficient (Wildman–Crippen LogP) is 5.09. The molecule has 35 heavy (non-hydrogen) atoms. The van der Waals surface area contributed by atoms with Gasteiger partial charge in [0.05, 0.1) is 23.0 Å². The van der Waals surface area contributed by atoms with Gasteiger partial charge in [-0.25, -0.2) is 15.0 Å². The van der Waals surface area contributed by atoms with E-state index in [0.717, 1.165) is 61.8 Å². The first-order chi connectivity index (χ1) is 17.0. The summed E-state index contributed by atoms with van der Waals surface area (Å²) in [6.45, 7) is 13.0. The number of hydrogen-bond acceptors (Lipinski definition) is 7. The molecular formula is C28H35N7. The molecule has 2 aliphatic rings. The molecule has 0 saturated carbocycles. The number of piperazine rings is 1. The summed E-state index contributed by atoms with van der Waals surface area (Å²) >= 11 is 0. The highest BCUT2D eigenvalue weighted by Crippen LogP contribution is 2.51.